The molecule has 2 aliphatic rings. The van der Waals surface area contributed by atoms with Crippen molar-refractivity contribution in [3.05, 3.63) is 77.0 Å². The molecule has 7 nitrogen and oxygen atoms in total. The SMILES string of the molecule is CC(C)(C)[Si](C)(C)OCc1cc(NC(=O)C2CCc3ccc(Oc4ccnc(NC(=O)C5CC5)c4)cc3C2)cc(C(F)(F)F)c1. The summed E-state index contributed by atoms with van der Waals surface area (Å²) in [6, 6.07) is 12.7. The van der Waals surface area contributed by atoms with Crippen molar-refractivity contribution in [2.75, 3.05) is 10.6 Å². The third-order valence-corrected chi connectivity index (χ3v) is 13.4. The number of anilines is 2. The van der Waals surface area contributed by atoms with Crippen molar-refractivity contribution in [3.8, 4) is 11.5 Å². The summed E-state index contributed by atoms with van der Waals surface area (Å²) in [5.74, 6) is 0.775. The number of alkyl halides is 3. The van der Waals surface area contributed by atoms with Gasteiger partial charge in [0.05, 0.1) is 12.2 Å². The topological polar surface area (TPSA) is 89.6 Å². The van der Waals surface area contributed by atoms with E-state index in [1.54, 1.807) is 24.4 Å². The lowest BCUT2D eigenvalue weighted by Crippen LogP contribution is -2.40. The second kappa shape index (κ2) is 12.6. The van der Waals surface area contributed by atoms with Crippen LogP contribution in [0.4, 0.5) is 24.7 Å². The molecule has 2 amide bonds. The van der Waals surface area contributed by atoms with Crippen LogP contribution < -0.4 is 15.4 Å². The molecule has 11 heteroatoms. The summed E-state index contributed by atoms with van der Waals surface area (Å²) in [5, 5.41) is 5.47. The quantitative estimate of drug-likeness (QED) is 0.229. The van der Waals surface area contributed by atoms with Crippen molar-refractivity contribution in [3.63, 3.8) is 0 Å². The number of nitrogens with one attached hydrogen (secondary N) is 2. The number of aryl methyl sites for hydroxylation is 1. The Hall–Kier alpha value is -3.70. The highest BCUT2D eigenvalue weighted by atomic mass is 28.4. The van der Waals surface area contributed by atoms with E-state index in [-0.39, 0.29) is 35.1 Å². The van der Waals surface area contributed by atoms with Gasteiger partial charge in [-0.25, -0.2) is 4.98 Å². The summed E-state index contributed by atoms with van der Waals surface area (Å²) < 4.78 is 53.6. The van der Waals surface area contributed by atoms with Crippen LogP contribution >= 0.6 is 0 Å². The third-order valence-electron chi connectivity index (χ3n) is 8.94. The number of amides is 2. The molecule has 1 saturated carbocycles. The van der Waals surface area contributed by atoms with Crippen LogP contribution in [-0.2, 0) is 39.6 Å². The average Bonchev–Trinajstić information content (AvgIpc) is 3.81. The standard InChI is InChI=1S/C34H40F3N3O4Si/c1-33(2,3)45(4,5)43-20-21-14-26(34(35,36)37)18-27(15-21)39-32(42)24-9-6-22-10-11-28(17-25(22)16-24)44-29-12-13-38-30(19-29)40-31(41)23-7-8-23/h10-15,17-19,23-24H,6-9,16,20H2,1-5H3,(H,39,42)(H,38,40,41). The first-order valence-electron chi connectivity index (χ1n) is 15.3. The molecule has 2 aromatic carbocycles. The van der Waals surface area contributed by atoms with Gasteiger partial charge in [0.15, 0.2) is 8.32 Å². The fourth-order valence-electron chi connectivity index (χ4n) is 5.01. The summed E-state index contributed by atoms with van der Waals surface area (Å²) in [4.78, 5) is 29.7. The van der Waals surface area contributed by atoms with Crippen LogP contribution in [0.2, 0.25) is 18.1 Å². The summed E-state index contributed by atoms with van der Waals surface area (Å²) in [6.45, 7) is 10.3. The predicted octanol–water partition coefficient (Wildman–Crippen LogP) is 8.51. The molecule has 240 valence electrons. The van der Waals surface area contributed by atoms with Crippen molar-refractivity contribution in [1.82, 2.24) is 4.98 Å². The maximum absolute atomic E-state index is 13.8. The molecule has 1 fully saturated rings. The van der Waals surface area contributed by atoms with Gasteiger partial charge in [-0.15, -0.1) is 0 Å². The van der Waals surface area contributed by atoms with E-state index in [0.29, 0.717) is 42.1 Å². The zero-order chi connectivity index (χ0) is 32.6. The Balaban J connectivity index is 1.26. The van der Waals surface area contributed by atoms with Crippen LogP contribution in [0, 0.1) is 11.8 Å². The molecule has 5 rings (SSSR count). The van der Waals surface area contributed by atoms with Gasteiger partial charge in [0.2, 0.25) is 11.8 Å². The second-order valence-corrected chi connectivity index (χ2v) is 18.4. The molecule has 1 unspecified atom stereocenters. The van der Waals surface area contributed by atoms with E-state index in [9.17, 15) is 22.8 Å². The van der Waals surface area contributed by atoms with Crippen LogP contribution in [0.15, 0.2) is 54.7 Å². The number of aromatic nitrogens is 1. The molecule has 0 radical (unpaired) electrons. The van der Waals surface area contributed by atoms with E-state index in [4.69, 9.17) is 9.16 Å². The lowest BCUT2D eigenvalue weighted by atomic mass is 9.83. The normalized spacial score (nSPS) is 16.9. The number of nitrogens with zero attached hydrogens (tertiary/aromatic N) is 1. The molecule has 0 saturated heterocycles. The molecule has 0 aliphatic heterocycles. The Morgan fingerprint density at radius 3 is 2.29 bits per heavy atom. The fourth-order valence-corrected chi connectivity index (χ4v) is 5.97. The van der Waals surface area contributed by atoms with Crippen LogP contribution in [-0.4, -0.2) is 25.1 Å². The van der Waals surface area contributed by atoms with Crippen molar-refractivity contribution < 1.29 is 31.9 Å². The van der Waals surface area contributed by atoms with Crippen molar-refractivity contribution in [2.45, 2.75) is 83.8 Å². The van der Waals surface area contributed by atoms with E-state index >= 15 is 0 Å². The number of hydrogen-bond acceptors (Lipinski definition) is 5. The molecule has 1 aromatic heterocycles. The molecule has 0 spiro atoms. The largest absolute Gasteiger partial charge is 0.457 e. The van der Waals surface area contributed by atoms with E-state index in [1.807, 2.05) is 31.3 Å². The Morgan fingerprint density at radius 2 is 1.60 bits per heavy atom. The van der Waals surface area contributed by atoms with Gasteiger partial charge in [0.25, 0.3) is 0 Å². The molecule has 2 aliphatic carbocycles. The Labute approximate surface area is 263 Å². The van der Waals surface area contributed by atoms with Crippen LogP contribution in [0.25, 0.3) is 0 Å². The van der Waals surface area contributed by atoms with Gasteiger partial charge >= 0.3 is 6.18 Å². The summed E-state index contributed by atoms with van der Waals surface area (Å²) in [5.41, 5.74) is 1.70. The second-order valence-electron chi connectivity index (χ2n) is 13.6. The van der Waals surface area contributed by atoms with Gasteiger partial charge in [-0.05, 0) is 103 Å². The zero-order valence-corrected chi connectivity index (χ0v) is 27.3. The van der Waals surface area contributed by atoms with Crippen molar-refractivity contribution >= 4 is 31.6 Å². The first kappa shape index (κ1) is 32.7. The maximum Gasteiger partial charge on any atom is 0.416 e. The number of pyridine rings is 1. The zero-order valence-electron chi connectivity index (χ0n) is 26.3. The average molecular weight is 640 g/mol. The van der Waals surface area contributed by atoms with Crippen LogP contribution in [0.5, 0.6) is 11.5 Å². The first-order chi connectivity index (χ1) is 21.1. The maximum atomic E-state index is 13.8. The van der Waals surface area contributed by atoms with Gasteiger partial charge in [0, 0.05) is 29.8 Å². The molecular formula is C34H40F3N3O4Si. The van der Waals surface area contributed by atoms with Crippen molar-refractivity contribution in [2.24, 2.45) is 11.8 Å². The predicted molar refractivity (Wildman–Crippen MR) is 170 cm³/mol. The molecule has 1 heterocycles. The number of ether oxygens (including phenoxy) is 1. The number of rotatable bonds is 9. The van der Waals surface area contributed by atoms with Crippen molar-refractivity contribution in [1.29, 1.82) is 0 Å². The Bertz CT molecular complexity index is 1580. The highest BCUT2D eigenvalue weighted by molar-refractivity contribution is 6.74. The Morgan fingerprint density at radius 1 is 0.889 bits per heavy atom. The van der Waals surface area contributed by atoms with Crippen LogP contribution in [0.3, 0.4) is 0 Å². The Kier molecular flexibility index (Phi) is 9.15. The molecule has 0 bridgehead atoms. The minimum absolute atomic E-state index is 0.0364. The molecular weight excluding hydrogens is 599 g/mol. The molecule has 1 atom stereocenters. The highest BCUT2D eigenvalue weighted by Crippen LogP contribution is 2.38. The lowest BCUT2D eigenvalue weighted by molar-refractivity contribution is -0.137. The summed E-state index contributed by atoms with van der Waals surface area (Å²) >= 11 is 0. The van der Waals surface area contributed by atoms with Gasteiger partial charge in [-0.1, -0.05) is 26.8 Å². The van der Waals surface area contributed by atoms with Gasteiger partial charge in [-0.2, -0.15) is 13.2 Å². The first-order valence-corrected chi connectivity index (χ1v) is 18.2. The molecule has 3 aromatic rings. The smallest absolute Gasteiger partial charge is 0.416 e. The summed E-state index contributed by atoms with van der Waals surface area (Å²) in [6.07, 6.45) is 0.452. The number of hydrogen-bond donors (Lipinski definition) is 2. The van der Waals surface area contributed by atoms with E-state index < -0.39 is 26.0 Å². The van der Waals surface area contributed by atoms with Gasteiger partial charge in [0.1, 0.15) is 17.3 Å². The number of benzene rings is 2. The van der Waals surface area contributed by atoms with E-state index in [2.05, 4.69) is 36.4 Å². The molecule has 45 heavy (non-hydrogen) atoms. The fraction of sp³-hybridized carbons (Fsp3) is 0.441. The van der Waals surface area contributed by atoms with E-state index in [0.717, 1.165) is 36.1 Å². The third kappa shape index (κ3) is 8.32. The number of carbonyl (C=O) groups excluding carboxylic acids is 2. The van der Waals surface area contributed by atoms with Gasteiger partial charge < -0.3 is 19.8 Å². The minimum Gasteiger partial charge on any atom is -0.457 e. The number of fused-ring (bicyclic) bond motifs is 1. The monoisotopic (exact) mass is 639 g/mol. The highest BCUT2D eigenvalue weighted by Gasteiger charge is 2.38. The molecule has 2 N–H and O–H groups in total. The van der Waals surface area contributed by atoms with Crippen LogP contribution in [0.1, 0.15) is 62.3 Å². The number of halogens is 3. The minimum atomic E-state index is -4.56. The lowest BCUT2D eigenvalue weighted by Gasteiger charge is -2.36. The summed E-state index contributed by atoms with van der Waals surface area (Å²) in [7, 11) is -2.20. The van der Waals surface area contributed by atoms with Gasteiger partial charge in [-0.3, -0.25) is 9.59 Å². The van der Waals surface area contributed by atoms with E-state index in [1.165, 1.54) is 0 Å². The number of carbonyl (C=O) groups is 2.